The first kappa shape index (κ1) is 19.1. The lowest BCUT2D eigenvalue weighted by Gasteiger charge is -2.12. The lowest BCUT2D eigenvalue weighted by atomic mass is 10.2. The summed E-state index contributed by atoms with van der Waals surface area (Å²) in [5, 5.41) is 13.6. The van der Waals surface area contributed by atoms with E-state index in [4.69, 9.17) is 16.3 Å². The molecule has 8 heteroatoms. The number of nitrogens with zero attached hydrogens (tertiary/aromatic N) is 1. The molecule has 0 aliphatic carbocycles. The molecule has 7 nitrogen and oxygen atoms in total. The number of hydrogen-bond acceptors (Lipinski definition) is 5. The van der Waals surface area contributed by atoms with Gasteiger partial charge in [-0.05, 0) is 48.9 Å². The molecule has 0 aliphatic heterocycles. The van der Waals surface area contributed by atoms with Crippen molar-refractivity contribution in [3.8, 4) is 0 Å². The number of benzene rings is 2. The lowest BCUT2D eigenvalue weighted by molar-refractivity contribution is -0.384. The maximum Gasteiger partial charge on any atom is 0.331 e. The molecule has 0 aromatic heterocycles. The minimum Gasteiger partial charge on any atom is -0.449 e. The van der Waals surface area contributed by atoms with Crippen molar-refractivity contribution in [3.05, 3.63) is 75.3 Å². The van der Waals surface area contributed by atoms with E-state index >= 15 is 0 Å². The minimum atomic E-state index is -1.01. The Morgan fingerprint density at radius 3 is 2.54 bits per heavy atom. The van der Waals surface area contributed by atoms with Gasteiger partial charge in [0.2, 0.25) is 0 Å². The van der Waals surface area contributed by atoms with Crippen molar-refractivity contribution in [1.29, 1.82) is 0 Å². The highest BCUT2D eigenvalue weighted by atomic mass is 35.5. The van der Waals surface area contributed by atoms with E-state index in [1.165, 1.54) is 37.3 Å². The van der Waals surface area contributed by atoms with Crippen LogP contribution in [0.4, 0.5) is 11.4 Å². The average molecular weight is 375 g/mol. The van der Waals surface area contributed by atoms with Crippen LogP contribution < -0.4 is 5.32 Å². The highest BCUT2D eigenvalue weighted by Crippen LogP contribution is 2.15. The molecule has 2 aromatic carbocycles. The summed E-state index contributed by atoms with van der Waals surface area (Å²) >= 11 is 5.84. The van der Waals surface area contributed by atoms with E-state index in [-0.39, 0.29) is 5.69 Å². The number of ether oxygens (including phenoxy) is 1. The summed E-state index contributed by atoms with van der Waals surface area (Å²) in [5.41, 5.74) is 1.03. The van der Waals surface area contributed by atoms with Gasteiger partial charge in [-0.1, -0.05) is 17.7 Å². The predicted molar refractivity (Wildman–Crippen MR) is 97.8 cm³/mol. The number of non-ortho nitro benzene ring substituents is 1. The van der Waals surface area contributed by atoms with Gasteiger partial charge in [0.1, 0.15) is 0 Å². The summed E-state index contributed by atoms with van der Waals surface area (Å²) < 4.78 is 5.02. The second-order valence-electron chi connectivity index (χ2n) is 5.26. The number of nitro groups is 1. The first-order valence-corrected chi connectivity index (χ1v) is 7.92. The number of carbonyl (C=O) groups is 2. The van der Waals surface area contributed by atoms with Gasteiger partial charge in [0.05, 0.1) is 4.92 Å². The van der Waals surface area contributed by atoms with E-state index in [0.29, 0.717) is 16.3 Å². The first-order valence-electron chi connectivity index (χ1n) is 7.55. The Labute approximate surface area is 154 Å². The topological polar surface area (TPSA) is 98.5 Å². The SMILES string of the molecule is C[C@@H](OC(=O)/C=C/c1ccc([N+](=O)[O-])cc1)C(=O)Nc1cccc(Cl)c1. The molecule has 0 saturated heterocycles. The molecule has 1 N–H and O–H groups in total. The van der Waals surface area contributed by atoms with E-state index in [9.17, 15) is 19.7 Å². The molecular weight excluding hydrogens is 360 g/mol. The van der Waals surface area contributed by atoms with Crippen molar-refractivity contribution in [3.63, 3.8) is 0 Å². The number of hydrogen-bond donors (Lipinski definition) is 1. The Morgan fingerprint density at radius 1 is 1.23 bits per heavy atom. The van der Waals surface area contributed by atoms with Gasteiger partial charge in [-0.3, -0.25) is 14.9 Å². The Hall–Kier alpha value is -3.19. The van der Waals surface area contributed by atoms with E-state index in [2.05, 4.69) is 5.32 Å². The smallest absolute Gasteiger partial charge is 0.331 e. The lowest BCUT2D eigenvalue weighted by Crippen LogP contribution is -2.29. The van der Waals surface area contributed by atoms with Crippen LogP contribution >= 0.6 is 11.6 Å². The van der Waals surface area contributed by atoms with Crippen molar-refractivity contribution >= 4 is 40.9 Å². The van der Waals surface area contributed by atoms with Gasteiger partial charge in [-0.25, -0.2) is 4.79 Å². The van der Waals surface area contributed by atoms with Gasteiger partial charge in [0, 0.05) is 28.9 Å². The molecular formula is C18H15ClN2O5. The first-order chi connectivity index (χ1) is 12.3. The minimum absolute atomic E-state index is 0.0453. The molecule has 0 bridgehead atoms. The fourth-order valence-corrected chi connectivity index (χ4v) is 2.14. The van der Waals surface area contributed by atoms with Crippen molar-refractivity contribution < 1.29 is 19.2 Å². The van der Waals surface area contributed by atoms with E-state index in [0.717, 1.165) is 6.08 Å². The predicted octanol–water partition coefficient (Wildman–Crippen LogP) is 3.83. The molecule has 2 rings (SSSR count). The highest BCUT2D eigenvalue weighted by molar-refractivity contribution is 6.30. The summed E-state index contributed by atoms with van der Waals surface area (Å²) in [6.45, 7) is 1.44. The third-order valence-corrected chi connectivity index (χ3v) is 3.51. The molecule has 1 amide bonds. The van der Waals surface area contributed by atoms with E-state index in [1.807, 2.05) is 0 Å². The number of carbonyl (C=O) groups excluding carboxylic acids is 2. The molecule has 2 aromatic rings. The second-order valence-corrected chi connectivity index (χ2v) is 5.70. The van der Waals surface area contributed by atoms with Crippen molar-refractivity contribution in [2.24, 2.45) is 0 Å². The van der Waals surface area contributed by atoms with Crippen LogP contribution in [-0.4, -0.2) is 22.9 Å². The number of halogens is 1. The Bertz CT molecular complexity index is 849. The summed E-state index contributed by atoms with van der Waals surface area (Å²) in [6, 6.07) is 12.2. The molecule has 0 spiro atoms. The van der Waals surface area contributed by atoms with Gasteiger partial charge in [0.15, 0.2) is 6.10 Å². The van der Waals surface area contributed by atoms with E-state index in [1.54, 1.807) is 24.3 Å². The molecule has 26 heavy (non-hydrogen) atoms. The molecule has 0 unspecified atom stereocenters. The molecule has 1 atom stereocenters. The summed E-state index contributed by atoms with van der Waals surface area (Å²) in [7, 11) is 0. The van der Waals surface area contributed by atoms with Gasteiger partial charge in [0.25, 0.3) is 11.6 Å². The van der Waals surface area contributed by atoms with Crippen LogP contribution in [0.5, 0.6) is 0 Å². The number of nitro benzene ring substituents is 1. The van der Waals surface area contributed by atoms with Crippen molar-refractivity contribution in [1.82, 2.24) is 0 Å². The summed E-state index contributed by atoms with van der Waals surface area (Å²) in [4.78, 5) is 33.9. The average Bonchev–Trinajstić information content (AvgIpc) is 2.60. The number of esters is 1. The zero-order valence-electron chi connectivity index (χ0n) is 13.7. The van der Waals surface area contributed by atoms with Crippen molar-refractivity contribution in [2.75, 3.05) is 5.32 Å². The highest BCUT2D eigenvalue weighted by Gasteiger charge is 2.16. The van der Waals surface area contributed by atoms with Gasteiger partial charge >= 0.3 is 5.97 Å². The van der Waals surface area contributed by atoms with Crippen LogP contribution in [0, 0.1) is 10.1 Å². The third-order valence-electron chi connectivity index (χ3n) is 3.27. The normalized spacial score (nSPS) is 11.8. The Kier molecular flexibility index (Phi) is 6.46. The fraction of sp³-hybridized carbons (Fsp3) is 0.111. The van der Waals surface area contributed by atoms with Gasteiger partial charge < -0.3 is 10.1 Å². The molecule has 0 radical (unpaired) electrons. The van der Waals surface area contributed by atoms with Crippen LogP contribution in [0.25, 0.3) is 6.08 Å². The monoisotopic (exact) mass is 374 g/mol. The molecule has 0 fully saturated rings. The fourth-order valence-electron chi connectivity index (χ4n) is 1.95. The van der Waals surface area contributed by atoms with Crippen LogP contribution in [0.3, 0.4) is 0 Å². The van der Waals surface area contributed by atoms with Crippen LogP contribution in [0.2, 0.25) is 5.02 Å². The zero-order chi connectivity index (χ0) is 19.1. The Morgan fingerprint density at radius 2 is 1.92 bits per heavy atom. The van der Waals surface area contributed by atoms with Crippen LogP contribution in [0.15, 0.2) is 54.6 Å². The second kappa shape index (κ2) is 8.77. The number of nitrogens with one attached hydrogen (secondary N) is 1. The maximum absolute atomic E-state index is 12.0. The van der Waals surface area contributed by atoms with Crippen molar-refractivity contribution in [2.45, 2.75) is 13.0 Å². The van der Waals surface area contributed by atoms with Crippen LogP contribution in [0.1, 0.15) is 12.5 Å². The number of anilines is 1. The molecule has 0 heterocycles. The molecule has 0 aliphatic rings. The summed E-state index contributed by atoms with van der Waals surface area (Å²) in [5.74, 6) is -1.21. The number of amides is 1. The quantitative estimate of drug-likeness (QED) is 0.358. The summed E-state index contributed by atoms with van der Waals surface area (Å²) in [6.07, 6.45) is 1.57. The standard InChI is InChI=1S/C18H15ClN2O5/c1-12(18(23)20-15-4-2-3-14(19)11-15)26-17(22)10-7-13-5-8-16(9-6-13)21(24)25/h2-12H,1H3,(H,20,23)/b10-7+/t12-/m1/s1. The largest absolute Gasteiger partial charge is 0.449 e. The molecule has 134 valence electrons. The van der Waals surface area contributed by atoms with Crippen LogP contribution in [-0.2, 0) is 14.3 Å². The van der Waals surface area contributed by atoms with E-state index < -0.39 is 22.9 Å². The zero-order valence-corrected chi connectivity index (χ0v) is 14.5. The molecule has 0 saturated carbocycles. The van der Waals surface area contributed by atoms with Gasteiger partial charge in [-0.15, -0.1) is 0 Å². The van der Waals surface area contributed by atoms with Gasteiger partial charge in [-0.2, -0.15) is 0 Å². The Balaban J connectivity index is 1.89. The third kappa shape index (κ3) is 5.71. The number of rotatable bonds is 6. The maximum atomic E-state index is 12.0.